The number of amides is 1. The highest BCUT2D eigenvalue weighted by molar-refractivity contribution is 5.81. The predicted octanol–water partition coefficient (Wildman–Crippen LogP) is 1.71. The highest BCUT2D eigenvalue weighted by atomic mass is 16.5. The van der Waals surface area contributed by atoms with Gasteiger partial charge in [0.2, 0.25) is 5.91 Å². The molecule has 3 rings (SSSR count). The second-order valence-corrected chi connectivity index (χ2v) is 7.80. The average Bonchev–Trinajstić information content (AvgIpc) is 2.95. The molecule has 0 bridgehead atoms. The molecule has 2 aliphatic heterocycles. The summed E-state index contributed by atoms with van der Waals surface area (Å²) < 4.78 is 7.81. The van der Waals surface area contributed by atoms with Crippen molar-refractivity contribution in [2.75, 3.05) is 19.7 Å². The van der Waals surface area contributed by atoms with Gasteiger partial charge in [-0.3, -0.25) is 14.4 Å². The van der Waals surface area contributed by atoms with Gasteiger partial charge in [0.25, 0.3) is 0 Å². The SMILES string of the molecule is CC(C)NC(=O)[C@H]1CCC2(CCN(Cc3cnn(C)c3)CC2)CO1. The molecule has 2 aliphatic rings. The summed E-state index contributed by atoms with van der Waals surface area (Å²) in [6.07, 6.45) is 8.05. The molecule has 3 heterocycles. The molecule has 0 unspecified atom stereocenters. The summed E-state index contributed by atoms with van der Waals surface area (Å²) >= 11 is 0. The van der Waals surface area contributed by atoms with Crippen LogP contribution in [0.4, 0.5) is 0 Å². The van der Waals surface area contributed by atoms with Gasteiger partial charge in [-0.25, -0.2) is 0 Å². The van der Waals surface area contributed by atoms with Crippen LogP contribution in [0.15, 0.2) is 12.4 Å². The second kappa shape index (κ2) is 7.23. The van der Waals surface area contributed by atoms with E-state index in [1.54, 1.807) is 0 Å². The highest BCUT2D eigenvalue weighted by Crippen LogP contribution is 2.40. The van der Waals surface area contributed by atoms with Crippen LogP contribution in [0.2, 0.25) is 0 Å². The van der Waals surface area contributed by atoms with E-state index in [1.807, 2.05) is 31.8 Å². The lowest BCUT2D eigenvalue weighted by atomic mass is 9.73. The lowest BCUT2D eigenvalue weighted by Crippen LogP contribution is -2.49. The van der Waals surface area contributed by atoms with Crippen LogP contribution in [-0.4, -0.2) is 52.4 Å². The maximum Gasteiger partial charge on any atom is 0.249 e. The Labute approximate surface area is 144 Å². The van der Waals surface area contributed by atoms with Gasteiger partial charge in [0.1, 0.15) is 6.10 Å². The second-order valence-electron chi connectivity index (χ2n) is 7.80. The van der Waals surface area contributed by atoms with Crippen molar-refractivity contribution < 1.29 is 9.53 Å². The molecule has 6 nitrogen and oxygen atoms in total. The van der Waals surface area contributed by atoms with E-state index >= 15 is 0 Å². The minimum absolute atomic E-state index is 0.0499. The van der Waals surface area contributed by atoms with E-state index in [0.717, 1.165) is 51.9 Å². The van der Waals surface area contributed by atoms with Crippen LogP contribution < -0.4 is 5.32 Å². The van der Waals surface area contributed by atoms with Gasteiger partial charge in [-0.05, 0) is 58.0 Å². The first kappa shape index (κ1) is 17.4. The Morgan fingerprint density at radius 3 is 2.71 bits per heavy atom. The molecule has 0 radical (unpaired) electrons. The summed E-state index contributed by atoms with van der Waals surface area (Å²) in [6, 6.07) is 0.174. The van der Waals surface area contributed by atoms with E-state index in [1.165, 1.54) is 5.56 Å². The number of rotatable bonds is 4. The largest absolute Gasteiger partial charge is 0.368 e. The average molecular weight is 334 g/mol. The fourth-order valence-electron chi connectivity index (χ4n) is 3.85. The van der Waals surface area contributed by atoms with Crippen LogP contribution in [0, 0.1) is 5.41 Å². The molecule has 1 spiro atoms. The maximum absolute atomic E-state index is 12.1. The molecule has 1 N–H and O–H groups in total. The van der Waals surface area contributed by atoms with Crippen molar-refractivity contribution in [1.82, 2.24) is 20.0 Å². The van der Waals surface area contributed by atoms with Crippen molar-refractivity contribution in [3.05, 3.63) is 18.0 Å². The zero-order valence-electron chi connectivity index (χ0n) is 15.1. The standard InChI is InChI=1S/C18H30N4O2/c1-14(2)20-17(23)16-4-5-18(13-24-16)6-8-22(9-7-18)12-15-10-19-21(3)11-15/h10-11,14,16H,4-9,12-13H2,1-3H3,(H,20,23)/t16-/m1/s1. The molecule has 0 aromatic carbocycles. The Hall–Kier alpha value is -1.40. The number of likely N-dealkylation sites (tertiary alicyclic amines) is 1. The molecule has 0 saturated carbocycles. The first-order valence-electron chi connectivity index (χ1n) is 9.08. The van der Waals surface area contributed by atoms with Crippen molar-refractivity contribution >= 4 is 5.91 Å². The van der Waals surface area contributed by atoms with Crippen LogP contribution in [0.5, 0.6) is 0 Å². The molecule has 1 atom stereocenters. The molecule has 134 valence electrons. The van der Waals surface area contributed by atoms with Crippen LogP contribution in [0.1, 0.15) is 45.1 Å². The van der Waals surface area contributed by atoms with E-state index in [0.29, 0.717) is 0 Å². The minimum Gasteiger partial charge on any atom is -0.368 e. The Bertz CT molecular complexity index is 551. The number of aryl methyl sites for hydroxylation is 1. The van der Waals surface area contributed by atoms with Crippen molar-refractivity contribution in [2.24, 2.45) is 12.5 Å². The Kier molecular flexibility index (Phi) is 5.25. The fourth-order valence-corrected chi connectivity index (χ4v) is 3.85. The third-order valence-electron chi connectivity index (χ3n) is 5.33. The van der Waals surface area contributed by atoms with Crippen LogP contribution in [0.25, 0.3) is 0 Å². The van der Waals surface area contributed by atoms with Gasteiger partial charge >= 0.3 is 0 Å². The van der Waals surface area contributed by atoms with Gasteiger partial charge in [0, 0.05) is 31.4 Å². The summed E-state index contributed by atoms with van der Waals surface area (Å²) in [6.45, 7) is 7.87. The first-order valence-corrected chi connectivity index (χ1v) is 9.08. The summed E-state index contributed by atoms with van der Waals surface area (Å²) in [5.74, 6) is 0.0499. The van der Waals surface area contributed by atoms with Gasteiger partial charge in [-0.2, -0.15) is 5.10 Å². The third kappa shape index (κ3) is 4.16. The number of nitrogens with zero attached hydrogens (tertiary/aromatic N) is 3. The number of hydrogen-bond acceptors (Lipinski definition) is 4. The molecule has 1 aromatic heterocycles. The quantitative estimate of drug-likeness (QED) is 0.911. The molecular formula is C18H30N4O2. The van der Waals surface area contributed by atoms with E-state index in [2.05, 4.69) is 21.5 Å². The van der Waals surface area contributed by atoms with Gasteiger partial charge in [-0.1, -0.05) is 0 Å². The summed E-state index contributed by atoms with van der Waals surface area (Å²) in [5.41, 5.74) is 1.55. The molecule has 24 heavy (non-hydrogen) atoms. The number of carbonyl (C=O) groups excluding carboxylic acids is 1. The Balaban J connectivity index is 1.46. The van der Waals surface area contributed by atoms with Crippen molar-refractivity contribution in [3.8, 4) is 0 Å². The van der Waals surface area contributed by atoms with E-state index in [9.17, 15) is 4.79 Å². The predicted molar refractivity (Wildman–Crippen MR) is 92.4 cm³/mol. The number of nitrogens with one attached hydrogen (secondary N) is 1. The van der Waals surface area contributed by atoms with E-state index in [4.69, 9.17) is 4.74 Å². The number of piperidine rings is 1. The molecule has 0 aliphatic carbocycles. The molecular weight excluding hydrogens is 304 g/mol. The van der Waals surface area contributed by atoms with E-state index < -0.39 is 0 Å². The Morgan fingerprint density at radius 1 is 1.42 bits per heavy atom. The van der Waals surface area contributed by atoms with Gasteiger partial charge in [-0.15, -0.1) is 0 Å². The number of aromatic nitrogens is 2. The van der Waals surface area contributed by atoms with Gasteiger partial charge < -0.3 is 10.1 Å². The molecule has 1 amide bonds. The maximum atomic E-state index is 12.1. The molecule has 6 heteroatoms. The lowest BCUT2D eigenvalue weighted by molar-refractivity contribution is -0.145. The van der Waals surface area contributed by atoms with Gasteiger partial charge in [0.15, 0.2) is 0 Å². The van der Waals surface area contributed by atoms with Crippen LogP contribution >= 0.6 is 0 Å². The number of carbonyl (C=O) groups is 1. The van der Waals surface area contributed by atoms with Crippen molar-refractivity contribution in [3.63, 3.8) is 0 Å². The molecule has 2 saturated heterocycles. The summed E-state index contributed by atoms with van der Waals surface area (Å²) in [5, 5.41) is 7.20. The highest BCUT2D eigenvalue weighted by Gasteiger charge is 2.40. The number of ether oxygens (including phenoxy) is 1. The van der Waals surface area contributed by atoms with Crippen LogP contribution in [0.3, 0.4) is 0 Å². The first-order chi connectivity index (χ1) is 11.5. The Morgan fingerprint density at radius 2 is 2.17 bits per heavy atom. The smallest absolute Gasteiger partial charge is 0.249 e. The topological polar surface area (TPSA) is 59.4 Å². The van der Waals surface area contributed by atoms with Crippen molar-refractivity contribution in [2.45, 2.75) is 58.2 Å². The van der Waals surface area contributed by atoms with Crippen molar-refractivity contribution in [1.29, 1.82) is 0 Å². The summed E-state index contributed by atoms with van der Waals surface area (Å²) in [4.78, 5) is 14.6. The number of hydrogen-bond donors (Lipinski definition) is 1. The minimum atomic E-state index is -0.258. The monoisotopic (exact) mass is 334 g/mol. The zero-order chi connectivity index (χ0) is 17.2. The third-order valence-corrected chi connectivity index (χ3v) is 5.33. The van der Waals surface area contributed by atoms with Gasteiger partial charge in [0.05, 0.1) is 12.8 Å². The summed E-state index contributed by atoms with van der Waals surface area (Å²) in [7, 11) is 1.96. The van der Waals surface area contributed by atoms with Crippen LogP contribution in [-0.2, 0) is 23.1 Å². The molecule has 2 fully saturated rings. The lowest BCUT2D eigenvalue weighted by Gasteiger charge is -2.45. The zero-order valence-corrected chi connectivity index (χ0v) is 15.1. The van der Waals surface area contributed by atoms with E-state index in [-0.39, 0.29) is 23.5 Å². The molecule has 1 aromatic rings. The normalized spacial score (nSPS) is 24.4. The fraction of sp³-hybridized carbons (Fsp3) is 0.778.